The lowest BCUT2D eigenvalue weighted by atomic mass is 10.1. The van der Waals surface area contributed by atoms with Gasteiger partial charge in [0.05, 0.1) is 11.5 Å². The first-order valence-electron chi connectivity index (χ1n) is 7.30. The number of aryl methyl sites for hydroxylation is 1. The first kappa shape index (κ1) is 15.7. The minimum absolute atomic E-state index is 0.157. The molecule has 116 valence electrons. The van der Waals surface area contributed by atoms with Crippen molar-refractivity contribution in [2.75, 3.05) is 45.2 Å². The molecule has 6 heteroatoms. The SMILES string of the molecule is COCCN1CC[C@H](CNc2ccc(C)cc2[N+](=O)[O-])C1. The molecule has 0 amide bonds. The van der Waals surface area contributed by atoms with Gasteiger partial charge in [-0.15, -0.1) is 0 Å². The largest absolute Gasteiger partial charge is 0.383 e. The molecule has 0 radical (unpaired) electrons. The van der Waals surface area contributed by atoms with Crippen LogP contribution in [0.25, 0.3) is 0 Å². The topological polar surface area (TPSA) is 67.6 Å². The van der Waals surface area contributed by atoms with Crippen LogP contribution in [0.1, 0.15) is 12.0 Å². The Balaban J connectivity index is 1.88. The molecule has 1 atom stereocenters. The molecule has 0 bridgehead atoms. The van der Waals surface area contributed by atoms with Gasteiger partial charge in [0.15, 0.2) is 0 Å². The van der Waals surface area contributed by atoms with Crippen molar-refractivity contribution in [3.05, 3.63) is 33.9 Å². The number of rotatable bonds is 7. The van der Waals surface area contributed by atoms with Crippen molar-refractivity contribution in [3.63, 3.8) is 0 Å². The number of methoxy groups -OCH3 is 1. The van der Waals surface area contributed by atoms with Gasteiger partial charge in [-0.3, -0.25) is 10.1 Å². The van der Waals surface area contributed by atoms with Gasteiger partial charge in [0.2, 0.25) is 0 Å². The van der Waals surface area contributed by atoms with Crippen LogP contribution in [-0.2, 0) is 4.74 Å². The number of hydrogen-bond donors (Lipinski definition) is 1. The molecule has 1 aromatic rings. The Labute approximate surface area is 125 Å². The van der Waals surface area contributed by atoms with Gasteiger partial charge in [0.1, 0.15) is 5.69 Å². The molecule has 0 aliphatic carbocycles. The molecular formula is C15H23N3O3. The van der Waals surface area contributed by atoms with Crippen LogP contribution in [0, 0.1) is 23.0 Å². The summed E-state index contributed by atoms with van der Waals surface area (Å²) in [4.78, 5) is 13.1. The first-order valence-corrected chi connectivity index (χ1v) is 7.30. The lowest BCUT2D eigenvalue weighted by molar-refractivity contribution is -0.384. The average molecular weight is 293 g/mol. The Kier molecular flexibility index (Phi) is 5.52. The number of nitro groups is 1. The predicted octanol–water partition coefficient (Wildman–Crippen LogP) is 2.28. The third-order valence-corrected chi connectivity index (χ3v) is 3.91. The van der Waals surface area contributed by atoms with E-state index in [0.29, 0.717) is 11.6 Å². The molecule has 1 aromatic carbocycles. The van der Waals surface area contributed by atoms with Crippen molar-refractivity contribution in [1.29, 1.82) is 0 Å². The molecule has 6 nitrogen and oxygen atoms in total. The van der Waals surface area contributed by atoms with Crippen molar-refractivity contribution in [1.82, 2.24) is 4.90 Å². The molecule has 21 heavy (non-hydrogen) atoms. The third kappa shape index (κ3) is 4.41. The van der Waals surface area contributed by atoms with E-state index < -0.39 is 0 Å². The number of anilines is 1. The highest BCUT2D eigenvalue weighted by Gasteiger charge is 2.23. The van der Waals surface area contributed by atoms with Crippen LogP contribution in [0.3, 0.4) is 0 Å². The highest BCUT2D eigenvalue weighted by molar-refractivity contribution is 5.62. The minimum atomic E-state index is -0.325. The predicted molar refractivity (Wildman–Crippen MR) is 82.7 cm³/mol. The number of ether oxygens (including phenoxy) is 1. The molecule has 1 aliphatic rings. The van der Waals surface area contributed by atoms with Crippen LogP contribution in [0.15, 0.2) is 18.2 Å². The number of benzene rings is 1. The Morgan fingerprint density at radius 1 is 1.52 bits per heavy atom. The second-order valence-corrected chi connectivity index (χ2v) is 5.61. The van der Waals surface area contributed by atoms with E-state index in [1.807, 2.05) is 13.0 Å². The summed E-state index contributed by atoms with van der Waals surface area (Å²) in [6, 6.07) is 5.31. The van der Waals surface area contributed by atoms with Crippen molar-refractivity contribution in [3.8, 4) is 0 Å². The van der Waals surface area contributed by atoms with Gasteiger partial charge in [-0.25, -0.2) is 0 Å². The number of nitrogens with one attached hydrogen (secondary N) is 1. The van der Waals surface area contributed by atoms with Gasteiger partial charge in [-0.1, -0.05) is 6.07 Å². The zero-order valence-corrected chi connectivity index (χ0v) is 12.7. The Hall–Kier alpha value is -1.66. The van der Waals surface area contributed by atoms with Crippen LogP contribution in [0.4, 0.5) is 11.4 Å². The fourth-order valence-corrected chi connectivity index (χ4v) is 2.70. The molecule has 0 saturated carbocycles. The number of nitrogens with zero attached hydrogens (tertiary/aromatic N) is 2. The summed E-state index contributed by atoms with van der Waals surface area (Å²) in [5, 5.41) is 14.3. The van der Waals surface area contributed by atoms with Crippen LogP contribution < -0.4 is 5.32 Å². The fraction of sp³-hybridized carbons (Fsp3) is 0.600. The van der Waals surface area contributed by atoms with Crippen LogP contribution in [-0.4, -0.2) is 49.7 Å². The van der Waals surface area contributed by atoms with E-state index in [2.05, 4.69) is 10.2 Å². The van der Waals surface area contributed by atoms with E-state index >= 15 is 0 Å². The second-order valence-electron chi connectivity index (χ2n) is 5.61. The molecular weight excluding hydrogens is 270 g/mol. The van der Waals surface area contributed by atoms with Gasteiger partial charge in [-0.2, -0.15) is 0 Å². The molecule has 1 N–H and O–H groups in total. The second kappa shape index (κ2) is 7.38. The highest BCUT2D eigenvalue weighted by atomic mass is 16.6. The molecule has 2 rings (SSSR count). The zero-order chi connectivity index (χ0) is 15.2. The Morgan fingerprint density at radius 3 is 3.05 bits per heavy atom. The van der Waals surface area contributed by atoms with Crippen molar-refractivity contribution in [2.45, 2.75) is 13.3 Å². The molecule has 0 spiro atoms. The molecule has 1 aliphatic heterocycles. The van der Waals surface area contributed by atoms with Crippen LogP contribution in [0.2, 0.25) is 0 Å². The van der Waals surface area contributed by atoms with Gasteiger partial charge < -0.3 is 15.0 Å². The van der Waals surface area contributed by atoms with Crippen LogP contribution in [0.5, 0.6) is 0 Å². The number of nitro benzene ring substituents is 1. The fourth-order valence-electron chi connectivity index (χ4n) is 2.70. The summed E-state index contributed by atoms with van der Waals surface area (Å²) >= 11 is 0. The van der Waals surface area contributed by atoms with Gasteiger partial charge >= 0.3 is 0 Å². The smallest absolute Gasteiger partial charge is 0.292 e. The molecule has 1 heterocycles. The van der Waals surface area contributed by atoms with Crippen molar-refractivity contribution >= 4 is 11.4 Å². The lowest BCUT2D eigenvalue weighted by Gasteiger charge is -2.16. The van der Waals surface area contributed by atoms with E-state index in [1.165, 1.54) is 0 Å². The van der Waals surface area contributed by atoms with E-state index in [0.717, 1.165) is 44.8 Å². The van der Waals surface area contributed by atoms with E-state index in [4.69, 9.17) is 4.74 Å². The summed E-state index contributed by atoms with van der Waals surface area (Å²) in [6.45, 7) is 6.44. The minimum Gasteiger partial charge on any atom is -0.383 e. The van der Waals surface area contributed by atoms with E-state index in [9.17, 15) is 10.1 Å². The molecule has 1 fully saturated rings. The average Bonchev–Trinajstić information content (AvgIpc) is 2.91. The monoisotopic (exact) mass is 293 g/mol. The summed E-state index contributed by atoms with van der Waals surface area (Å²) in [6.07, 6.45) is 1.12. The van der Waals surface area contributed by atoms with Gasteiger partial charge in [-0.05, 0) is 37.4 Å². The normalized spacial score (nSPS) is 18.9. The zero-order valence-electron chi connectivity index (χ0n) is 12.7. The number of likely N-dealkylation sites (tertiary alicyclic amines) is 1. The summed E-state index contributed by atoms with van der Waals surface area (Å²) < 4.78 is 5.09. The van der Waals surface area contributed by atoms with Gasteiger partial charge in [0, 0.05) is 32.8 Å². The first-order chi connectivity index (χ1) is 10.1. The van der Waals surface area contributed by atoms with Gasteiger partial charge in [0.25, 0.3) is 5.69 Å². The molecule has 0 aromatic heterocycles. The lowest BCUT2D eigenvalue weighted by Crippen LogP contribution is -2.26. The maximum absolute atomic E-state index is 11.1. The summed E-state index contributed by atoms with van der Waals surface area (Å²) in [5.41, 5.74) is 1.67. The quantitative estimate of drug-likeness (QED) is 0.617. The summed E-state index contributed by atoms with van der Waals surface area (Å²) in [7, 11) is 1.71. The number of hydrogen-bond acceptors (Lipinski definition) is 5. The van der Waals surface area contributed by atoms with Crippen LogP contribution >= 0.6 is 0 Å². The maximum atomic E-state index is 11.1. The van der Waals surface area contributed by atoms with Crippen molar-refractivity contribution < 1.29 is 9.66 Å². The summed E-state index contributed by atoms with van der Waals surface area (Å²) in [5.74, 6) is 0.530. The molecule has 0 unspecified atom stereocenters. The Morgan fingerprint density at radius 2 is 2.33 bits per heavy atom. The van der Waals surface area contributed by atoms with Crippen molar-refractivity contribution in [2.24, 2.45) is 5.92 Å². The Bertz CT molecular complexity index is 493. The molecule has 1 saturated heterocycles. The standard InChI is InChI=1S/C15H23N3O3/c1-12-3-4-14(15(9-12)18(19)20)16-10-13-5-6-17(11-13)7-8-21-2/h3-4,9,13,16H,5-8,10-11H2,1-2H3/t13-/m1/s1. The van der Waals surface area contributed by atoms with E-state index in [1.54, 1.807) is 19.2 Å². The highest BCUT2D eigenvalue weighted by Crippen LogP contribution is 2.26. The maximum Gasteiger partial charge on any atom is 0.292 e. The van der Waals surface area contributed by atoms with E-state index in [-0.39, 0.29) is 10.6 Å². The third-order valence-electron chi connectivity index (χ3n) is 3.91.